The lowest BCUT2D eigenvalue weighted by Crippen LogP contribution is -1.97. The zero-order chi connectivity index (χ0) is 3.41. The highest BCUT2D eigenvalue weighted by Gasteiger charge is 1.55. The van der Waals surface area contributed by atoms with Crippen molar-refractivity contribution in [2.45, 2.75) is 0 Å². The molecule has 0 aromatic carbocycles. The van der Waals surface area contributed by atoms with Crippen LogP contribution in [0.1, 0.15) is 0 Å². The second kappa shape index (κ2) is 8.85. The first-order valence-corrected chi connectivity index (χ1v) is 2.13. The molecule has 0 amide bonds. The second-order valence-corrected chi connectivity index (χ2v) is 1.15. The molecular weight excluding hydrogens is 149 g/mol. The summed E-state index contributed by atoms with van der Waals surface area (Å²) in [6, 6.07) is 0. The van der Waals surface area contributed by atoms with E-state index in [0.29, 0.717) is 0 Å². The molecule has 2 N–H and O–H groups in total. The molecule has 0 bridgehead atoms. The summed E-state index contributed by atoms with van der Waals surface area (Å²) in [5, 5.41) is 0. The maximum atomic E-state index is 5.01. The summed E-state index contributed by atoms with van der Waals surface area (Å²) in [4.78, 5) is 0. The van der Waals surface area contributed by atoms with Gasteiger partial charge in [0.15, 0.2) is 0 Å². The average Bonchev–Trinajstić information content (AvgIpc) is 1.37. The van der Waals surface area contributed by atoms with E-state index in [1.54, 1.807) is 0 Å². The number of hydrogen-bond donors (Lipinski definition) is 1. The van der Waals surface area contributed by atoms with Crippen LogP contribution in [0, 0.1) is 0 Å². The van der Waals surface area contributed by atoms with Gasteiger partial charge in [0, 0.05) is 0 Å². The third-order valence-corrected chi connectivity index (χ3v) is 0.500. The van der Waals surface area contributed by atoms with Crippen LogP contribution < -0.4 is 5.73 Å². The Bertz CT molecular complexity index is 11.6. The van der Waals surface area contributed by atoms with Crippen LogP contribution >= 0.6 is 26.2 Å². The van der Waals surface area contributed by atoms with Crippen molar-refractivity contribution in [1.82, 2.24) is 0 Å². The molecule has 1 unspecified atom stereocenters. The van der Waals surface area contributed by atoms with Crippen LogP contribution in [0.5, 0.6) is 0 Å². The van der Waals surface area contributed by atoms with E-state index in [4.69, 9.17) is 5.73 Å². The zero-order valence-electron chi connectivity index (χ0n) is 2.98. The van der Waals surface area contributed by atoms with Gasteiger partial charge in [0.2, 0.25) is 0 Å². The quantitative estimate of drug-likeness (QED) is 0.549. The van der Waals surface area contributed by atoms with Gasteiger partial charge in [-0.25, -0.2) is 0 Å². The van der Waals surface area contributed by atoms with Crippen LogP contribution in [0.4, 0.5) is 0 Å². The normalized spacial score (nSPS) is 6.00. The molecule has 0 radical (unpaired) electrons. The van der Waals surface area contributed by atoms with Crippen molar-refractivity contribution in [2.24, 2.45) is 5.73 Å². The van der Waals surface area contributed by atoms with Crippen molar-refractivity contribution in [1.29, 1.82) is 0 Å². The van der Waals surface area contributed by atoms with Crippen LogP contribution in [0.25, 0.3) is 0 Å². The van der Waals surface area contributed by atoms with E-state index in [2.05, 4.69) is 9.24 Å². The first-order chi connectivity index (χ1) is 1.91. The molecule has 3 heteroatoms. The van der Waals surface area contributed by atoms with Crippen molar-refractivity contribution >= 4 is 26.2 Å². The standard InChI is InChI=1S/C2H8NP.BrH/c3-1-2-4;/h1-4H2;1H. The monoisotopic (exact) mass is 157 g/mol. The lowest BCUT2D eigenvalue weighted by Gasteiger charge is -1.70. The summed E-state index contributed by atoms with van der Waals surface area (Å²) in [5.41, 5.74) is 5.01. The Morgan fingerprint density at radius 1 is 1.60 bits per heavy atom. The lowest BCUT2D eigenvalue weighted by atomic mass is 10.8. The fourth-order valence-corrected chi connectivity index (χ4v) is 0. The van der Waals surface area contributed by atoms with Gasteiger partial charge in [0.25, 0.3) is 0 Å². The first-order valence-electron chi connectivity index (χ1n) is 1.32. The molecule has 0 saturated carbocycles. The van der Waals surface area contributed by atoms with Crippen molar-refractivity contribution in [3.05, 3.63) is 0 Å². The third-order valence-electron chi connectivity index (χ3n) is 0.167. The van der Waals surface area contributed by atoms with Gasteiger partial charge in [-0.05, 0) is 12.7 Å². The maximum absolute atomic E-state index is 5.01. The fourth-order valence-electron chi connectivity index (χ4n) is 0. The highest BCUT2D eigenvalue weighted by molar-refractivity contribution is 8.93. The van der Waals surface area contributed by atoms with E-state index in [1.807, 2.05) is 0 Å². The molecule has 0 aliphatic rings. The second-order valence-electron chi connectivity index (χ2n) is 0.577. The van der Waals surface area contributed by atoms with Crippen LogP contribution in [0.3, 0.4) is 0 Å². The zero-order valence-corrected chi connectivity index (χ0v) is 5.84. The molecule has 0 aromatic heterocycles. The highest BCUT2D eigenvalue weighted by Crippen LogP contribution is 1.68. The topological polar surface area (TPSA) is 26.0 Å². The van der Waals surface area contributed by atoms with Crippen molar-refractivity contribution < 1.29 is 0 Å². The molecule has 0 heterocycles. The largest absolute Gasteiger partial charge is 0.330 e. The Morgan fingerprint density at radius 3 is 1.80 bits per heavy atom. The molecule has 5 heavy (non-hydrogen) atoms. The number of nitrogens with two attached hydrogens (primary N) is 1. The number of hydrogen-bond acceptors (Lipinski definition) is 1. The number of rotatable bonds is 1. The van der Waals surface area contributed by atoms with Gasteiger partial charge < -0.3 is 5.73 Å². The smallest absolute Gasteiger partial charge is 0.00426 e. The van der Waals surface area contributed by atoms with Gasteiger partial charge in [0.05, 0.1) is 0 Å². The summed E-state index contributed by atoms with van der Waals surface area (Å²) >= 11 is 0. The van der Waals surface area contributed by atoms with Gasteiger partial charge in [0.1, 0.15) is 0 Å². The van der Waals surface area contributed by atoms with E-state index in [9.17, 15) is 0 Å². The molecule has 34 valence electrons. The third kappa shape index (κ3) is 11.5. The molecule has 0 fully saturated rings. The predicted molar refractivity (Wildman–Crippen MR) is 34.0 cm³/mol. The Morgan fingerprint density at radius 2 is 1.80 bits per heavy atom. The minimum atomic E-state index is 0. The molecular formula is C2H9BrNP. The molecule has 1 nitrogen and oxygen atoms in total. The van der Waals surface area contributed by atoms with Gasteiger partial charge in [-0.3, -0.25) is 0 Å². The van der Waals surface area contributed by atoms with E-state index in [-0.39, 0.29) is 17.0 Å². The summed E-state index contributed by atoms with van der Waals surface area (Å²) in [7, 11) is 2.53. The predicted octanol–water partition coefficient (Wildman–Crippen LogP) is 0.398. The Hall–Kier alpha value is 0.870. The molecule has 0 rings (SSSR count). The SMILES string of the molecule is Br.NCCP. The van der Waals surface area contributed by atoms with E-state index in [1.165, 1.54) is 0 Å². The van der Waals surface area contributed by atoms with Crippen molar-refractivity contribution in [3.8, 4) is 0 Å². The molecule has 0 aromatic rings. The Balaban J connectivity index is 0. The fraction of sp³-hybridized carbons (Fsp3) is 1.00. The van der Waals surface area contributed by atoms with Crippen LogP contribution in [0.2, 0.25) is 0 Å². The van der Waals surface area contributed by atoms with Crippen molar-refractivity contribution in [2.75, 3.05) is 12.7 Å². The lowest BCUT2D eigenvalue weighted by molar-refractivity contribution is 1.15. The van der Waals surface area contributed by atoms with Crippen LogP contribution in [0.15, 0.2) is 0 Å². The average molecular weight is 158 g/mol. The minimum absolute atomic E-state index is 0. The summed E-state index contributed by atoms with van der Waals surface area (Å²) in [5.74, 6) is 0. The van der Waals surface area contributed by atoms with Crippen LogP contribution in [-0.4, -0.2) is 12.7 Å². The Labute approximate surface area is 45.3 Å². The van der Waals surface area contributed by atoms with E-state index < -0.39 is 0 Å². The molecule has 0 aliphatic heterocycles. The van der Waals surface area contributed by atoms with Gasteiger partial charge in [-0.2, -0.15) is 0 Å². The first kappa shape index (κ1) is 9.30. The molecule has 1 atom stereocenters. The molecule has 0 spiro atoms. The molecule has 0 saturated heterocycles. The summed E-state index contributed by atoms with van der Waals surface area (Å²) < 4.78 is 0. The molecule has 0 aliphatic carbocycles. The van der Waals surface area contributed by atoms with Crippen LogP contribution in [-0.2, 0) is 0 Å². The minimum Gasteiger partial charge on any atom is -0.330 e. The van der Waals surface area contributed by atoms with Gasteiger partial charge in [-0.15, -0.1) is 26.2 Å². The summed E-state index contributed by atoms with van der Waals surface area (Å²) in [6.07, 6.45) is 1.01. The van der Waals surface area contributed by atoms with Gasteiger partial charge in [-0.1, -0.05) is 0 Å². The number of halogens is 1. The summed E-state index contributed by atoms with van der Waals surface area (Å²) in [6.45, 7) is 0.782. The highest BCUT2D eigenvalue weighted by atomic mass is 79.9. The van der Waals surface area contributed by atoms with Gasteiger partial charge >= 0.3 is 0 Å². The van der Waals surface area contributed by atoms with Crippen molar-refractivity contribution in [3.63, 3.8) is 0 Å². The van der Waals surface area contributed by atoms with E-state index >= 15 is 0 Å². The maximum Gasteiger partial charge on any atom is -0.00426 e. The Kier molecular flexibility index (Phi) is 16.5. The van der Waals surface area contributed by atoms with E-state index in [0.717, 1.165) is 12.7 Å².